The van der Waals surface area contributed by atoms with Gasteiger partial charge in [-0.05, 0) is 12.1 Å². The Hall–Kier alpha value is -1.97. The number of nitrogens with zero attached hydrogens (tertiary/aromatic N) is 4. The maximum Gasteiger partial charge on any atom is 0.262 e. The van der Waals surface area contributed by atoms with E-state index in [1.165, 1.54) is 16.8 Å². The summed E-state index contributed by atoms with van der Waals surface area (Å²) in [6, 6.07) is 5.72. The van der Waals surface area contributed by atoms with Crippen LogP contribution in [-0.4, -0.2) is 59.6 Å². The third kappa shape index (κ3) is 3.14. The van der Waals surface area contributed by atoms with Crippen LogP contribution in [0.15, 0.2) is 41.9 Å². The molecule has 2 saturated heterocycles. The molecule has 2 fully saturated rings. The minimum Gasteiger partial charge on any atom is -0.376 e. The number of aryl methyl sites for hydroxylation is 1. The van der Waals surface area contributed by atoms with E-state index in [1.807, 2.05) is 18.2 Å². The predicted molar refractivity (Wildman–Crippen MR) is 91.4 cm³/mol. The van der Waals surface area contributed by atoms with Crippen LogP contribution < -0.4 is 5.32 Å². The number of pyridine rings is 1. The summed E-state index contributed by atoms with van der Waals surface area (Å²) in [6.45, 7) is 2.23. The Morgan fingerprint density at radius 2 is 2.20 bits per heavy atom. The van der Waals surface area contributed by atoms with Gasteiger partial charge in [0.25, 0.3) is 10.0 Å². The SMILES string of the molecule is Cn1cnc(S(=O)(=O)N2C[C@@H]3[C@H](CNc4ccccn4)CO[C@@H]3C2)c1. The molecule has 0 aromatic carbocycles. The smallest absolute Gasteiger partial charge is 0.262 e. The van der Waals surface area contributed by atoms with E-state index in [4.69, 9.17) is 4.74 Å². The normalized spacial score (nSPS) is 26.7. The second-order valence-electron chi connectivity index (χ2n) is 6.59. The number of rotatable bonds is 5. The monoisotopic (exact) mass is 363 g/mol. The summed E-state index contributed by atoms with van der Waals surface area (Å²) >= 11 is 0. The van der Waals surface area contributed by atoms with Crippen molar-refractivity contribution in [3.8, 4) is 0 Å². The first-order valence-corrected chi connectivity index (χ1v) is 9.72. The van der Waals surface area contributed by atoms with Crippen LogP contribution in [0.2, 0.25) is 0 Å². The fourth-order valence-electron chi connectivity index (χ4n) is 3.53. The summed E-state index contributed by atoms with van der Waals surface area (Å²) < 4.78 is 34.5. The molecule has 2 aliphatic heterocycles. The van der Waals surface area contributed by atoms with Crippen molar-refractivity contribution in [2.45, 2.75) is 11.1 Å². The lowest BCUT2D eigenvalue weighted by Gasteiger charge is -2.19. The topological polar surface area (TPSA) is 89.4 Å². The quantitative estimate of drug-likeness (QED) is 0.835. The molecule has 0 amide bonds. The van der Waals surface area contributed by atoms with Crippen molar-refractivity contribution in [3.05, 3.63) is 36.9 Å². The van der Waals surface area contributed by atoms with Gasteiger partial charge in [0.1, 0.15) is 5.82 Å². The highest BCUT2D eigenvalue weighted by atomic mass is 32.2. The van der Waals surface area contributed by atoms with Crippen molar-refractivity contribution in [1.29, 1.82) is 0 Å². The van der Waals surface area contributed by atoms with Gasteiger partial charge >= 0.3 is 0 Å². The highest BCUT2D eigenvalue weighted by Gasteiger charge is 2.47. The third-order valence-corrected chi connectivity index (χ3v) is 6.62. The average molecular weight is 363 g/mol. The van der Waals surface area contributed by atoms with Crippen LogP contribution in [0.1, 0.15) is 0 Å². The summed E-state index contributed by atoms with van der Waals surface area (Å²) in [5, 5.41) is 3.41. The van der Waals surface area contributed by atoms with Crippen LogP contribution in [0, 0.1) is 11.8 Å². The predicted octanol–water partition coefficient (Wildman–Crippen LogP) is 0.563. The molecule has 0 aliphatic carbocycles. The molecule has 1 N–H and O–H groups in total. The van der Waals surface area contributed by atoms with Gasteiger partial charge in [-0.25, -0.2) is 18.4 Å². The summed E-state index contributed by atoms with van der Waals surface area (Å²) in [4.78, 5) is 8.25. The molecule has 0 saturated carbocycles. The second-order valence-corrected chi connectivity index (χ2v) is 8.48. The van der Waals surface area contributed by atoms with Gasteiger partial charge in [-0.2, -0.15) is 4.31 Å². The zero-order chi connectivity index (χ0) is 17.4. The Bertz CT molecular complexity index is 838. The molecule has 134 valence electrons. The molecule has 0 unspecified atom stereocenters. The van der Waals surface area contributed by atoms with Crippen LogP contribution in [0.5, 0.6) is 0 Å². The maximum atomic E-state index is 12.7. The minimum absolute atomic E-state index is 0.0472. The minimum atomic E-state index is -3.56. The van der Waals surface area contributed by atoms with Gasteiger partial charge in [0.15, 0.2) is 5.03 Å². The molecule has 2 aliphatic rings. The standard InChI is InChI=1S/C16H21N5O3S/c1-20-9-16(19-11-20)25(22,23)21-7-13-12(10-24-14(13)8-21)6-18-15-4-2-3-5-17-15/h2-5,9,11-14H,6-8,10H2,1H3,(H,17,18)/t12-,13-,14-/m1/s1. The molecule has 8 nitrogen and oxygen atoms in total. The van der Waals surface area contributed by atoms with Gasteiger partial charge < -0.3 is 14.6 Å². The average Bonchev–Trinajstić information content (AvgIpc) is 3.30. The summed E-state index contributed by atoms with van der Waals surface area (Å²) in [7, 11) is -1.80. The van der Waals surface area contributed by atoms with Gasteiger partial charge in [-0.3, -0.25) is 0 Å². The van der Waals surface area contributed by atoms with Crippen molar-refractivity contribution in [2.75, 3.05) is 31.6 Å². The first-order chi connectivity index (χ1) is 12.0. The Balaban J connectivity index is 1.42. The molecule has 3 atom stereocenters. The molecule has 4 rings (SSSR count). The molecule has 25 heavy (non-hydrogen) atoms. The van der Waals surface area contributed by atoms with Crippen LogP contribution in [0.25, 0.3) is 0 Å². The largest absolute Gasteiger partial charge is 0.376 e. The lowest BCUT2D eigenvalue weighted by molar-refractivity contribution is 0.104. The molecule has 0 bridgehead atoms. The number of hydrogen-bond donors (Lipinski definition) is 1. The van der Waals surface area contributed by atoms with Gasteiger partial charge in [-0.15, -0.1) is 0 Å². The van der Waals surface area contributed by atoms with Crippen LogP contribution in [0.3, 0.4) is 0 Å². The van der Waals surface area contributed by atoms with Crippen LogP contribution in [0.4, 0.5) is 5.82 Å². The molecule has 0 radical (unpaired) electrons. The lowest BCUT2D eigenvalue weighted by atomic mass is 9.93. The van der Waals surface area contributed by atoms with Gasteiger partial charge in [0, 0.05) is 50.9 Å². The van der Waals surface area contributed by atoms with Crippen molar-refractivity contribution < 1.29 is 13.2 Å². The van der Waals surface area contributed by atoms with E-state index in [-0.39, 0.29) is 23.0 Å². The number of nitrogens with one attached hydrogen (secondary N) is 1. The zero-order valence-corrected chi connectivity index (χ0v) is 14.8. The molecule has 9 heteroatoms. The fourth-order valence-corrected chi connectivity index (χ4v) is 4.98. The van der Waals surface area contributed by atoms with E-state index in [0.717, 1.165) is 12.4 Å². The van der Waals surface area contributed by atoms with E-state index >= 15 is 0 Å². The van der Waals surface area contributed by atoms with Crippen LogP contribution in [-0.2, 0) is 21.8 Å². The molecule has 2 aromatic rings. The highest BCUT2D eigenvalue weighted by Crippen LogP contribution is 2.36. The summed E-state index contributed by atoms with van der Waals surface area (Å²) in [6.07, 6.45) is 4.73. The Kier molecular flexibility index (Phi) is 4.22. The van der Waals surface area contributed by atoms with Crippen molar-refractivity contribution in [2.24, 2.45) is 18.9 Å². The lowest BCUT2D eigenvalue weighted by Crippen LogP contribution is -2.32. The van der Waals surface area contributed by atoms with E-state index < -0.39 is 10.0 Å². The summed E-state index contributed by atoms with van der Waals surface area (Å²) in [5.41, 5.74) is 0. The molecular weight excluding hydrogens is 342 g/mol. The van der Waals surface area contributed by atoms with Crippen LogP contribution >= 0.6 is 0 Å². The first kappa shape index (κ1) is 16.5. The highest BCUT2D eigenvalue weighted by molar-refractivity contribution is 7.89. The Labute approximate surface area is 146 Å². The number of hydrogen-bond acceptors (Lipinski definition) is 6. The summed E-state index contributed by atoms with van der Waals surface area (Å²) in [5.74, 6) is 1.27. The maximum absolute atomic E-state index is 12.7. The third-order valence-electron chi connectivity index (χ3n) is 4.90. The molecule has 4 heterocycles. The molecule has 2 aromatic heterocycles. The number of ether oxygens (including phenoxy) is 1. The Morgan fingerprint density at radius 1 is 1.32 bits per heavy atom. The van der Waals surface area contributed by atoms with Crippen molar-refractivity contribution >= 4 is 15.8 Å². The van der Waals surface area contributed by atoms with E-state index in [9.17, 15) is 8.42 Å². The van der Waals surface area contributed by atoms with Crippen molar-refractivity contribution in [3.63, 3.8) is 0 Å². The number of anilines is 1. The number of aromatic nitrogens is 3. The Morgan fingerprint density at radius 3 is 2.92 bits per heavy atom. The first-order valence-electron chi connectivity index (χ1n) is 8.28. The van der Waals surface area contributed by atoms with E-state index in [1.54, 1.807) is 17.8 Å². The second kappa shape index (κ2) is 6.40. The van der Waals surface area contributed by atoms with E-state index in [0.29, 0.717) is 19.7 Å². The number of imidazole rings is 1. The van der Waals surface area contributed by atoms with Crippen molar-refractivity contribution in [1.82, 2.24) is 18.8 Å². The molecule has 0 spiro atoms. The van der Waals surface area contributed by atoms with Gasteiger partial charge in [0.05, 0.1) is 19.0 Å². The van der Waals surface area contributed by atoms with Gasteiger partial charge in [-0.1, -0.05) is 6.07 Å². The van der Waals surface area contributed by atoms with E-state index in [2.05, 4.69) is 15.3 Å². The zero-order valence-electron chi connectivity index (χ0n) is 13.9. The number of sulfonamides is 1. The number of fused-ring (bicyclic) bond motifs is 1. The van der Waals surface area contributed by atoms with Gasteiger partial charge in [0.2, 0.25) is 0 Å². The fraction of sp³-hybridized carbons (Fsp3) is 0.500. The molecular formula is C16H21N5O3S.